The van der Waals surface area contributed by atoms with Crippen molar-refractivity contribution >= 4 is 23.3 Å². The Morgan fingerprint density at radius 3 is 2.81 bits per heavy atom. The van der Waals surface area contributed by atoms with E-state index in [9.17, 15) is 4.79 Å². The largest absolute Gasteiger partial charge is 0.394 e. The van der Waals surface area contributed by atoms with Crippen LogP contribution in [-0.4, -0.2) is 27.4 Å². The Labute approximate surface area is 128 Å². The zero-order chi connectivity index (χ0) is 15.4. The highest BCUT2D eigenvalue weighted by Gasteiger charge is 2.14. The van der Waals surface area contributed by atoms with Crippen molar-refractivity contribution in [1.82, 2.24) is 9.78 Å². The van der Waals surface area contributed by atoms with Crippen LogP contribution in [0.4, 0.5) is 5.82 Å². The van der Waals surface area contributed by atoms with Crippen LogP contribution in [0.2, 0.25) is 5.02 Å². The zero-order valence-corrected chi connectivity index (χ0v) is 12.8. The number of amides is 1. The molecule has 0 aliphatic carbocycles. The third kappa shape index (κ3) is 3.83. The van der Waals surface area contributed by atoms with Gasteiger partial charge in [-0.05, 0) is 12.1 Å². The van der Waals surface area contributed by atoms with E-state index in [0.717, 1.165) is 5.56 Å². The van der Waals surface area contributed by atoms with E-state index in [4.69, 9.17) is 16.7 Å². The number of rotatable bonds is 5. The smallest absolute Gasteiger partial charge is 0.228 e. The molecule has 6 heteroatoms. The van der Waals surface area contributed by atoms with Crippen molar-refractivity contribution in [2.24, 2.45) is 5.92 Å². The Balaban J connectivity index is 2.34. The third-order valence-corrected chi connectivity index (χ3v) is 3.22. The second-order valence-corrected chi connectivity index (χ2v) is 5.45. The van der Waals surface area contributed by atoms with Crippen LogP contribution in [0, 0.1) is 5.92 Å². The maximum absolute atomic E-state index is 11.8. The fourth-order valence-corrected chi connectivity index (χ4v) is 2.03. The molecule has 21 heavy (non-hydrogen) atoms. The van der Waals surface area contributed by atoms with E-state index < -0.39 is 0 Å². The molecule has 0 spiro atoms. The van der Waals surface area contributed by atoms with E-state index >= 15 is 0 Å². The molecule has 1 aromatic heterocycles. The van der Waals surface area contributed by atoms with Crippen LogP contribution < -0.4 is 5.32 Å². The van der Waals surface area contributed by atoms with Crippen molar-refractivity contribution in [1.29, 1.82) is 0 Å². The van der Waals surface area contributed by atoms with Gasteiger partial charge in [0.25, 0.3) is 0 Å². The van der Waals surface area contributed by atoms with Gasteiger partial charge < -0.3 is 10.4 Å². The first-order valence-electron chi connectivity index (χ1n) is 6.76. The molecule has 0 aliphatic heterocycles. The summed E-state index contributed by atoms with van der Waals surface area (Å²) in [5.41, 5.74) is 1.56. The van der Waals surface area contributed by atoms with Crippen LogP contribution in [0.1, 0.15) is 13.8 Å². The molecule has 0 radical (unpaired) electrons. The molecule has 0 bridgehead atoms. The van der Waals surface area contributed by atoms with Crippen LogP contribution in [0.15, 0.2) is 30.3 Å². The zero-order valence-electron chi connectivity index (χ0n) is 12.0. The molecule has 0 atom stereocenters. The van der Waals surface area contributed by atoms with E-state index in [0.29, 0.717) is 23.1 Å². The normalized spacial score (nSPS) is 10.9. The van der Waals surface area contributed by atoms with Gasteiger partial charge in [0.2, 0.25) is 5.91 Å². The summed E-state index contributed by atoms with van der Waals surface area (Å²) in [5, 5.41) is 17.0. The average Bonchev–Trinajstić information content (AvgIpc) is 2.82. The molecule has 2 rings (SSSR count). The minimum Gasteiger partial charge on any atom is -0.394 e. The lowest BCUT2D eigenvalue weighted by atomic mass is 10.1. The number of hydrogen-bond donors (Lipinski definition) is 2. The number of carbonyl (C=O) groups is 1. The molecule has 0 unspecified atom stereocenters. The molecule has 2 N–H and O–H groups in total. The summed E-state index contributed by atoms with van der Waals surface area (Å²) < 4.78 is 1.58. The Morgan fingerprint density at radius 1 is 1.43 bits per heavy atom. The summed E-state index contributed by atoms with van der Waals surface area (Å²) >= 11 is 5.98. The van der Waals surface area contributed by atoms with Crippen molar-refractivity contribution in [2.75, 3.05) is 11.9 Å². The van der Waals surface area contributed by atoms with Crippen molar-refractivity contribution in [3.8, 4) is 11.3 Å². The van der Waals surface area contributed by atoms with E-state index in [1.165, 1.54) is 0 Å². The minimum atomic E-state index is -0.128. The highest BCUT2D eigenvalue weighted by molar-refractivity contribution is 6.30. The van der Waals surface area contributed by atoms with E-state index in [2.05, 4.69) is 10.4 Å². The lowest BCUT2D eigenvalue weighted by Gasteiger charge is -2.09. The quantitative estimate of drug-likeness (QED) is 0.892. The Morgan fingerprint density at radius 2 is 2.19 bits per heavy atom. The first-order chi connectivity index (χ1) is 10.0. The van der Waals surface area contributed by atoms with Crippen molar-refractivity contribution in [3.63, 3.8) is 0 Å². The molecule has 5 nitrogen and oxygen atoms in total. The number of halogens is 1. The number of hydrogen-bond acceptors (Lipinski definition) is 3. The molecule has 1 aromatic carbocycles. The molecule has 2 aromatic rings. The highest BCUT2D eigenvalue weighted by atomic mass is 35.5. The number of aliphatic hydroxyl groups excluding tert-OH is 1. The van der Waals surface area contributed by atoms with Crippen molar-refractivity contribution in [2.45, 2.75) is 20.4 Å². The van der Waals surface area contributed by atoms with Crippen molar-refractivity contribution in [3.05, 3.63) is 35.4 Å². The fraction of sp³-hybridized carbons (Fsp3) is 0.333. The number of anilines is 1. The fourth-order valence-electron chi connectivity index (χ4n) is 1.84. The summed E-state index contributed by atoms with van der Waals surface area (Å²) in [4.78, 5) is 11.8. The van der Waals surface area contributed by atoms with E-state index in [-0.39, 0.29) is 18.4 Å². The third-order valence-electron chi connectivity index (χ3n) is 2.99. The standard InChI is InChI=1S/C15H18ClN3O2/c1-10(2)15(21)17-14-9-13(18-19(14)6-7-20)11-4-3-5-12(16)8-11/h3-5,8-10,20H,6-7H2,1-2H3,(H,17,21). The lowest BCUT2D eigenvalue weighted by molar-refractivity contribution is -0.118. The second-order valence-electron chi connectivity index (χ2n) is 5.02. The maximum atomic E-state index is 11.8. The van der Waals surface area contributed by atoms with Gasteiger partial charge in [0.1, 0.15) is 5.82 Å². The molecule has 0 aliphatic rings. The summed E-state index contributed by atoms with van der Waals surface area (Å²) in [5.74, 6) is 0.349. The molecular formula is C15H18ClN3O2. The van der Waals surface area contributed by atoms with Gasteiger partial charge >= 0.3 is 0 Å². The number of carbonyl (C=O) groups excluding carboxylic acids is 1. The Kier molecular flexibility index (Phi) is 4.98. The molecule has 0 fully saturated rings. The van der Waals surface area contributed by atoms with Crippen molar-refractivity contribution < 1.29 is 9.90 Å². The average molecular weight is 308 g/mol. The second kappa shape index (κ2) is 6.74. The summed E-state index contributed by atoms with van der Waals surface area (Å²) in [6, 6.07) is 9.11. The summed E-state index contributed by atoms with van der Waals surface area (Å²) in [6.45, 7) is 3.90. The lowest BCUT2D eigenvalue weighted by Crippen LogP contribution is -2.20. The van der Waals surface area contributed by atoms with Gasteiger partial charge in [0.15, 0.2) is 0 Å². The first kappa shape index (κ1) is 15.5. The molecule has 1 amide bonds. The van der Waals surface area contributed by atoms with Gasteiger partial charge in [-0.25, -0.2) is 4.68 Å². The number of aromatic nitrogens is 2. The van der Waals surface area contributed by atoms with Crippen LogP contribution in [0.25, 0.3) is 11.3 Å². The molecule has 112 valence electrons. The number of nitrogens with one attached hydrogen (secondary N) is 1. The van der Waals surface area contributed by atoms with Gasteiger partial charge in [-0.15, -0.1) is 0 Å². The van der Waals surface area contributed by atoms with Crippen LogP contribution in [0.5, 0.6) is 0 Å². The topological polar surface area (TPSA) is 67.2 Å². The highest BCUT2D eigenvalue weighted by Crippen LogP contribution is 2.24. The number of nitrogens with zero attached hydrogens (tertiary/aromatic N) is 2. The van der Waals surface area contributed by atoms with E-state index in [1.54, 1.807) is 22.9 Å². The van der Waals surface area contributed by atoms with Gasteiger partial charge in [0.05, 0.1) is 18.8 Å². The molecule has 0 saturated carbocycles. The summed E-state index contributed by atoms with van der Waals surface area (Å²) in [7, 11) is 0. The number of benzene rings is 1. The predicted octanol–water partition coefficient (Wildman–Crippen LogP) is 2.79. The van der Waals surface area contributed by atoms with Gasteiger partial charge in [-0.3, -0.25) is 4.79 Å². The molecule has 0 saturated heterocycles. The van der Waals surface area contributed by atoms with Crippen LogP contribution in [0.3, 0.4) is 0 Å². The number of aliphatic hydroxyl groups is 1. The minimum absolute atomic E-state index is 0.0544. The molecular weight excluding hydrogens is 290 g/mol. The molecule has 1 heterocycles. The van der Waals surface area contributed by atoms with Crippen LogP contribution in [-0.2, 0) is 11.3 Å². The van der Waals surface area contributed by atoms with E-state index in [1.807, 2.05) is 26.0 Å². The first-order valence-corrected chi connectivity index (χ1v) is 7.14. The maximum Gasteiger partial charge on any atom is 0.228 e. The van der Waals surface area contributed by atoms with Gasteiger partial charge in [-0.1, -0.05) is 37.6 Å². The Hall–Kier alpha value is -1.85. The van der Waals surface area contributed by atoms with Crippen LogP contribution >= 0.6 is 11.6 Å². The summed E-state index contributed by atoms with van der Waals surface area (Å²) in [6.07, 6.45) is 0. The SMILES string of the molecule is CC(C)C(=O)Nc1cc(-c2cccc(Cl)c2)nn1CCO. The Bertz CT molecular complexity index is 638. The van der Waals surface area contributed by atoms with Gasteiger partial charge in [-0.2, -0.15) is 5.10 Å². The van der Waals surface area contributed by atoms with Gasteiger partial charge in [0, 0.05) is 22.6 Å². The monoisotopic (exact) mass is 307 g/mol. The predicted molar refractivity (Wildman–Crippen MR) is 83.2 cm³/mol.